The second kappa shape index (κ2) is 8.85. The third kappa shape index (κ3) is 5.98. The quantitative estimate of drug-likeness (QED) is 0.789. The lowest BCUT2D eigenvalue weighted by Gasteiger charge is -2.37. The first kappa shape index (κ1) is 19.7. The first-order valence-corrected chi connectivity index (χ1v) is 7.60. The Hall–Kier alpha value is -0.320. The molecule has 0 aromatic rings. The van der Waals surface area contributed by atoms with Crippen molar-refractivity contribution < 1.29 is 4.79 Å². The molecule has 1 amide bonds. The molecule has 4 nitrogen and oxygen atoms in total. The third-order valence-corrected chi connectivity index (χ3v) is 4.32. The van der Waals surface area contributed by atoms with Crippen LogP contribution in [0.3, 0.4) is 0 Å². The van der Waals surface area contributed by atoms with Gasteiger partial charge in [0, 0.05) is 12.1 Å². The lowest BCUT2D eigenvalue weighted by atomic mass is 9.96. The van der Waals surface area contributed by atoms with Gasteiger partial charge in [-0.2, -0.15) is 0 Å². The maximum absolute atomic E-state index is 12.3. The van der Waals surface area contributed by atoms with Crippen LogP contribution in [0.1, 0.15) is 47.0 Å². The molecule has 0 saturated carbocycles. The van der Waals surface area contributed by atoms with Gasteiger partial charge in [0.1, 0.15) is 0 Å². The average Bonchev–Trinajstić information content (AvgIpc) is 2.38. The Bertz CT molecular complexity index is 295. The topological polar surface area (TPSA) is 44.4 Å². The van der Waals surface area contributed by atoms with Gasteiger partial charge in [-0.25, -0.2) is 0 Å². The van der Waals surface area contributed by atoms with Gasteiger partial charge in [0.05, 0.1) is 6.04 Å². The smallest absolute Gasteiger partial charge is 0.237 e. The van der Waals surface area contributed by atoms with Crippen LogP contribution in [0.25, 0.3) is 0 Å². The van der Waals surface area contributed by atoms with Gasteiger partial charge in [-0.3, -0.25) is 9.69 Å². The highest BCUT2D eigenvalue weighted by Gasteiger charge is 2.29. The van der Waals surface area contributed by atoms with Crippen LogP contribution in [-0.2, 0) is 4.79 Å². The Morgan fingerprint density at radius 1 is 1.45 bits per heavy atom. The number of nitrogens with zero attached hydrogens (tertiary/aromatic N) is 1. The molecule has 1 aliphatic rings. The molecule has 120 valence electrons. The standard InChI is InChI=1S/C15H31N3O.ClH/c1-6-15(3,4)17-14(19)12(2)18-9-7-8-13(11-18)10-16-5;/h12-13,16H,6-11H2,1-5H3,(H,17,19);1H. The molecule has 1 fully saturated rings. The predicted octanol–water partition coefficient (Wildman–Crippen LogP) is 2.03. The number of amides is 1. The van der Waals surface area contributed by atoms with E-state index in [1.54, 1.807) is 0 Å². The zero-order valence-electron chi connectivity index (χ0n) is 13.7. The zero-order chi connectivity index (χ0) is 14.5. The third-order valence-electron chi connectivity index (χ3n) is 4.32. The maximum Gasteiger partial charge on any atom is 0.237 e. The van der Waals surface area contributed by atoms with Crippen molar-refractivity contribution in [1.29, 1.82) is 0 Å². The molecule has 0 bridgehead atoms. The van der Waals surface area contributed by atoms with Gasteiger partial charge in [0.15, 0.2) is 0 Å². The van der Waals surface area contributed by atoms with E-state index in [1.165, 1.54) is 12.8 Å². The van der Waals surface area contributed by atoms with E-state index in [2.05, 4.69) is 36.3 Å². The molecule has 0 aliphatic carbocycles. The second-order valence-electron chi connectivity index (χ2n) is 6.46. The van der Waals surface area contributed by atoms with Gasteiger partial charge < -0.3 is 10.6 Å². The number of piperidine rings is 1. The molecule has 1 rings (SSSR count). The minimum Gasteiger partial charge on any atom is -0.350 e. The fourth-order valence-electron chi connectivity index (χ4n) is 2.60. The summed E-state index contributed by atoms with van der Waals surface area (Å²) in [5, 5.41) is 6.40. The molecular weight excluding hydrogens is 274 g/mol. The predicted molar refractivity (Wildman–Crippen MR) is 87.4 cm³/mol. The normalized spacial score (nSPS) is 21.9. The van der Waals surface area contributed by atoms with Crippen molar-refractivity contribution in [3.63, 3.8) is 0 Å². The summed E-state index contributed by atoms with van der Waals surface area (Å²) in [5.74, 6) is 0.838. The first-order chi connectivity index (χ1) is 8.89. The van der Waals surface area contributed by atoms with Crippen molar-refractivity contribution in [3.05, 3.63) is 0 Å². The average molecular weight is 306 g/mol. The van der Waals surface area contributed by atoms with E-state index >= 15 is 0 Å². The molecule has 2 unspecified atom stereocenters. The zero-order valence-corrected chi connectivity index (χ0v) is 14.5. The highest BCUT2D eigenvalue weighted by atomic mass is 35.5. The van der Waals surface area contributed by atoms with Crippen LogP contribution in [-0.4, -0.2) is 49.1 Å². The number of carbonyl (C=O) groups excluding carboxylic acids is 1. The van der Waals surface area contributed by atoms with E-state index in [4.69, 9.17) is 0 Å². The Balaban J connectivity index is 0.00000361. The molecule has 0 spiro atoms. The molecule has 2 atom stereocenters. The lowest BCUT2D eigenvalue weighted by Crippen LogP contribution is -2.54. The van der Waals surface area contributed by atoms with Crippen molar-refractivity contribution in [3.8, 4) is 0 Å². The Morgan fingerprint density at radius 2 is 2.10 bits per heavy atom. The summed E-state index contributed by atoms with van der Waals surface area (Å²) in [6.45, 7) is 11.4. The van der Waals surface area contributed by atoms with Crippen LogP contribution in [0.5, 0.6) is 0 Å². The van der Waals surface area contributed by atoms with E-state index < -0.39 is 0 Å². The van der Waals surface area contributed by atoms with Crippen molar-refractivity contribution in [1.82, 2.24) is 15.5 Å². The summed E-state index contributed by atoms with van der Waals surface area (Å²) in [4.78, 5) is 14.6. The van der Waals surface area contributed by atoms with Crippen molar-refractivity contribution in [2.24, 2.45) is 5.92 Å². The van der Waals surface area contributed by atoms with Crippen LogP contribution in [0.15, 0.2) is 0 Å². The van der Waals surface area contributed by atoms with Gasteiger partial charge in [0.2, 0.25) is 5.91 Å². The summed E-state index contributed by atoms with van der Waals surface area (Å²) in [5.41, 5.74) is -0.106. The molecule has 0 aromatic heterocycles. The molecule has 1 saturated heterocycles. The summed E-state index contributed by atoms with van der Waals surface area (Å²) in [6.07, 6.45) is 3.42. The van der Waals surface area contributed by atoms with Gasteiger partial charge >= 0.3 is 0 Å². The molecular formula is C15H32ClN3O. The number of hydrogen-bond acceptors (Lipinski definition) is 3. The largest absolute Gasteiger partial charge is 0.350 e. The van der Waals surface area contributed by atoms with Crippen LogP contribution in [0.4, 0.5) is 0 Å². The van der Waals surface area contributed by atoms with Gasteiger partial charge in [-0.05, 0) is 66.1 Å². The van der Waals surface area contributed by atoms with Gasteiger partial charge in [-0.15, -0.1) is 12.4 Å². The molecule has 2 N–H and O–H groups in total. The van der Waals surface area contributed by atoms with Crippen LogP contribution in [0.2, 0.25) is 0 Å². The van der Waals surface area contributed by atoms with Crippen LogP contribution >= 0.6 is 12.4 Å². The van der Waals surface area contributed by atoms with Crippen molar-refractivity contribution in [2.75, 3.05) is 26.7 Å². The molecule has 5 heteroatoms. The monoisotopic (exact) mass is 305 g/mol. The van der Waals surface area contributed by atoms with Crippen molar-refractivity contribution in [2.45, 2.75) is 58.5 Å². The van der Waals surface area contributed by atoms with Crippen LogP contribution in [0, 0.1) is 5.92 Å². The Kier molecular flexibility index (Phi) is 8.71. The summed E-state index contributed by atoms with van der Waals surface area (Å²) >= 11 is 0. The van der Waals surface area contributed by atoms with Gasteiger partial charge in [0.25, 0.3) is 0 Å². The Morgan fingerprint density at radius 3 is 2.65 bits per heavy atom. The highest BCUT2D eigenvalue weighted by molar-refractivity contribution is 5.85. The summed E-state index contributed by atoms with van der Waals surface area (Å²) < 4.78 is 0. The minimum atomic E-state index is -0.106. The van der Waals surface area contributed by atoms with E-state index in [0.29, 0.717) is 5.92 Å². The van der Waals surface area contributed by atoms with E-state index in [-0.39, 0.29) is 29.9 Å². The molecule has 0 radical (unpaired) electrons. The number of likely N-dealkylation sites (tertiary alicyclic amines) is 1. The highest BCUT2D eigenvalue weighted by Crippen LogP contribution is 2.18. The number of halogens is 1. The molecule has 0 aromatic carbocycles. The molecule has 1 aliphatic heterocycles. The number of carbonyl (C=O) groups is 1. The van der Waals surface area contributed by atoms with E-state index in [9.17, 15) is 4.79 Å². The maximum atomic E-state index is 12.3. The summed E-state index contributed by atoms with van der Waals surface area (Å²) in [7, 11) is 2.00. The minimum absolute atomic E-state index is 0. The fraction of sp³-hybridized carbons (Fsp3) is 0.933. The lowest BCUT2D eigenvalue weighted by molar-refractivity contribution is -0.128. The van der Waals surface area contributed by atoms with Gasteiger partial charge in [-0.1, -0.05) is 6.92 Å². The number of nitrogens with one attached hydrogen (secondary N) is 2. The SMILES string of the molecule is CCC(C)(C)NC(=O)C(C)N1CCCC(CNC)C1.Cl. The van der Waals surface area contributed by atoms with E-state index in [1.807, 2.05) is 14.0 Å². The number of rotatable bonds is 6. The van der Waals surface area contributed by atoms with E-state index in [0.717, 1.165) is 26.1 Å². The van der Waals surface area contributed by atoms with Crippen molar-refractivity contribution >= 4 is 18.3 Å². The first-order valence-electron chi connectivity index (χ1n) is 7.60. The van der Waals surface area contributed by atoms with Crippen LogP contribution < -0.4 is 10.6 Å². The number of hydrogen-bond donors (Lipinski definition) is 2. The summed E-state index contributed by atoms with van der Waals surface area (Å²) in [6, 6.07) is -0.0227. The molecule has 20 heavy (non-hydrogen) atoms. The Labute approximate surface area is 130 Å². The molecule has 1 heterocycles. The second-order valence-corrected chi connectivity index (χ2v) is 6.46. The fourth-order valence-corrected chi connectivity index (χ4v) is 2.60.